The lowest BCUT2D eigenvalue weighted by atomic mass is 10.2. The van der Waals surface area contributed by atoms with Crippen LogP contribution in [0.25, 0.3) is 0 Å². The Hall–Kier alpha value is -1.93. The first-order chi connectivity index (χ1) is 8.58. The van der Waals surface area contributed by atoms with E-state index in [0.717, 1.165) is 10.7 Å². The lowest BCUT2D eigenvalue weighted by molar-refractivity contribution is 0.627. The van der Waals surface area contributed by atoms with Crippen molar-refractivity contribution in [3.8, 4) is 6.07 Å². The van der Waals surface area contributed by atoms with Crippen LogP contribution in [0.15, 0.2) is 23.6 Å². The molecule has 92 valence electrons. The van der Waals surface area contributed by atoms with Gasteiger partial charge in [0.05, 0.1) is 17.7 Å². The summed E-state index contributed by atoms with van der Waals surface area (Å²) < 4.78 is 13.3. The first kappa shape index (κ1) is 12.5. The molecule has 18 heavy (non-hydrogen) atoms. The summed E-state index contributed by atoms with van der Waals surface area (Å²) in [5.74, 6) is -0.418. The molecular weight excluding hydrogens is 249 g/mol. The second kappa shape index (κ2) is 5.15. The highest BCUT2D eigenvalue weighted by Gasteiger charge is 2.10. The first-order valence-corrected chi connectivity index (χ1v) is 6.35. The highest BCUT2D eigenvalue weighted by atomic mass is 32.1. The highest BCUT2D eigenvalue weighted by Crippen LogP contribution is 2.23. The normalized spacial score (nSPS) is 11.9. The van der Waals surface area contributed by atoms with Gasteiger partial charge >= 0.3 is 0 Å². The topological polar surface area (TPSA) is 48.7 Å². The van der Waals surface area contributed by atoms with Crippen LogP contribution in [0.2, 0.25) is 0 Å². The van der Waals surface area contributed by atoms with E-state index in [4.69, 9.17) is 5.26 Å². The number of halogens is 1. The Kier molecular flexibility index (Phi) is 3.58. The number of aryl methyl sites for hydroxylation is 1. The van der Waals surface area contributed by atoms with Gasteiger partial charge in [0.1, 0.15) is 10.8 Å². The summed E-state index contributed by atoms with van der Waals surface area (Å²) in [7, 11) is 0. The third kappa shape index (κ3) is 2.84. The zero-order valence-corrected chi connectivity index (χ0v) is 10.9. The molecule has 1 heterocycles. The van der Waals surface area contributed by atoms with Crippen molar-refractivity contribution >= 4 is 17.0 Å². The van der Waals surface area contributed by atoms with Crippen molar-refractivity contribution in [2.45, 2.75) is 19.9 Å². The maximum Gasteiger partial charge on any atom is 0.126 e. The number of nitrogens with one attached hydrogen (secondary N) is 1. The Bertz CT molecular complexity index is 601. The molecular formula is C13H12FN3S. The fraction of sp³-hybridized carbons (Fsp3) is 0.231. The van der Waals surface area contributed by atoms with Gasteiger partial charge in [-0.1, -0.05) is 0 Å². The molecule has 0 amide bonds. The third-order valence-electron chi connectivity index (χ3n) is 2.42. The number of hydrogen-bond donors (Lipinski definition) is 1. The van der Waals surface area contributed by atoms with Crippen LogP contribution in [-0.2, 0) is 0 Å². The summed E-state index contributed by atoms with van der Waals surface area (Å²) >= 11 is 1.56. The molecule has 1 atom stereocenters. The molecule has 1 unspecified atom stereocenters. The predicted molar refractivity (Wildman–Crippen MR) is 70.0 cm³/mol. The van der Waals surface area contributed by atoms with Crippen LogP contribution in [0, 0.1) is 24.1 Å². The minimum absolute atomic E-state index is 0.0166. The Morgan fingerprint density at radius 3 is 2.83 bits per heavy atom. The van der Waals surface area contributed by atoms with Crippen LogP contribution in [0.1, 0.15) is 29.2 Å². The summed E-state index contributed by atoms with van der Waals surface area (Å²) in [6.45, 7) is 3.89. The summed E-state index contributed by atoms with van der Waals surface area (Å²) in [6, 6.07) is 6.13. The minimum atomic E-state index is -0.418. The van der Waals surface area contributed by atoms with Gasteiger partial charge in [-0.25, -0.2) is 9.37 Å². The van der Waals surface area contributed by atoms with E-state index in [1.54, 1.807) is 17.4 Å². The van der Waals surface area contributed by atoms with Crippen molar-refractivity contribution in [3.05, 3.63) is 45.7 Å². The number of hydrogen-bond acceptors (Lipinski definition) is 4. The lowest BCUT2D eigenvalue weighted by Gasteiger charge is -2.13. The van der Waals surface area contributed by atoms with E-state index in [-0.39, 0.29) is 6.04 Å². The average Bonchev–Trinajstić information content (AvgIpc) is 2.75. The lowest BCUT2D eigenvalue weighted by Crippen LogP contribution is -2.06. The SMILES string of the molecule is Cc1csc(C(C)Nc2cc(F)cc(C#N)c2)n1. The molecule has 0 fully saturated rings. The number of anilines is 1. The second-order valence-corrected chi connectivity index (χ2v) is 4.92. The maximum absolute atomic E-state index is 13.3. The van der Waals surface area contributed by atoms with Crippen LogP contribution < -0.4 is 5.32 Å². The number of rotatable bonds is 3. The minimum Gasteiger partial charge on any atom is -0.376 e. The Labute approximate surface area is 109 Å². The Balaban J connectivity index is 2.19. The fourth-order valence-corrected chi connectivity index (χ4v) is 2.42. The van der Waals surface area contributed by atoms with Crippen molar-refractivity contribution in [2.75, 3.05) is 5.32 Å². The molecule has 0 aliphatic heterocycles. The van der Waals surface area contributed by atoms with Crippen molar-refractivity contribution in [2.24, 2.45) is 0 Å². The molecule has 2 rings (SSSR count). The molecule has 2 aromatic rings. The number of nitriles is 1. The van der Waals surface area contributed by atoms with E-state index >= 15 is 0 Å². The van der Waals surface area contributed by atoms with Crippen molar-refractivity contribution < 1.29 is 4.39 Å². The molecule has 5 heteroatoms. The van der Waals surface area contributed by atoms with E-state index < -0.39 is 5.82 Å². The van der Waals surface area contributed by atoms with Crippen molar-refractivity contribution in [1.29, 1.82) is 5.26 Å². The molecule has 0 aliphatic rings. The van der Waals surface area contributed by atoms with Gasteiger partial charge in [-0.2, -0.15) is 5.26 Å². The standard InChI is InChI=1S/C13H12FN3S/c1-8-7-18-13(16-8)9(2)17-12-4-10(6-15)3-11(14)5-12/h3-5,7,9,17H,1-2H3. The van der Waals surface area contributed by atoms with Gasteiger partial charge in [0.25, 0.3) is 0 Å². The van der Waals surface area contributed by atoms with Gasteiger partial charge in [0.2, 0.25) is 0 Å². The van der Waals surface area contributed by atoms with Gasteiger partial charge in [0.15, 0.2) is 0 Å². The van der Waals surface area contributed by atoms with E-state index in [1.165, 1.54) is 12.1 Å². The van der Waals surface area contributed by atoms with E-state index in [2.05, 4.69) is 10.3 Å². The number of aromatic nitrogens is 1. The van der Waals surface area contributed by atoms with E-state index in [9.17, 15) is 4.39 Å². The quantitative estimate of drug-likeness (QED) is 0.917. The number of thiazole rings is 1. The molecule has 1 N–H and O–H groups in total. The Morgan fingerprint density at radius 1 is 1.44 bits per heavy atom. The van der Waals surface area contributed by atoms with Crippen LogP contribution in [0.4, 0.5) is 10.1 Å². The van der Waals surface area contributed by atoms with Crippen LogP contribution >= 0.6 is 11.3 Å². The number of benzene rings is 1. The molecule has 0 aliphatic carbocycles. The zero-order chi connectivity index (χ0) is 13.1. The smallest absolute Gasteiger partial charge is 0.126 e. The molecule has 0 spiro atoms. The van der Waals surface area contributed by atoms with Gasteiger partial charge in [-0.15, -0.1) is 11.3 Å². The molecule has 0 bridgehead atoms. The van der Waals surface area contributed by atoms with Crippen molar-refractivity contribution in [3.63, 3.8) is 0 Å². The largest absolute Gasteiger partial charge is 0.376 e. The molecule has 0 radical (unpaired) electrons. The van der Waals surface area contributed by atoms with Crippen LogP contribution in [0.5, 0.6) is 0 Å². The molecule has 1 aromatic carbocycles. The monoisotopic (exact) mass is 261 g/mol. The predicted octanol–water partition coefficient (Wildman–Crippen LogP) is 3.64. The van der Waals surface area contributed by atoms with Gasteiger partial charge in [-0.3, -0.25) is 0 Å². The average molecular weight is 261 g/mol. The van der Waals surface area contributed by atoms with E-state index in [1.807, 2.05) is 25.3 Å². The van der Waals surface area contributed by atoms with Gasteiger partial charge in [-0.05, 0) is 32.0 Å². The summed E-state index contributed by atoms with van der Waals surface area (Å²) in [4.78, 5) is 4.37. The van der Waals surface area contributed by atoms with Gasteiger partial charge < -0.3 is 5.32 Å². The van der Waals surface area contributed by atoms with Crippen LogP contribution in [0.3, 0.4) is 0 Å². The molecule has 3 nitrogen and oxygen atoms in total. The zero-order valence-electron chi connectivity index (χ0n) is 10.1. The summed E-state index contributed by atoms with van der Waals surface area (Å²) in [6.07, 6.45) is 0. The fourth-order valence-electron chi connectivity index (χ4n) is 1.62. The van der Waals surface area contributed by atoms with Gasteiger partial charge in [0, 0.05) is 16.8 Å². The molecule has 0 saturated carbocycles. The van der Waals surface area contributed by atoms with Crippen LogP contribution in [-0.4, -0.2) is 4.98 Å². The highest BCUT2D eigenvalue weighted by molar-refractivity contribution is 7.09. The van der Waals surface area contributed by atoms with E-state index in [0.29, 0.717) is 11.3 Å². The summed E-state index contributed by atoms with van der Waals surface area (Å²) in [5.41, 5.74) is 1.87. The Morgan fingerprint density at radius 2 is 2.22 bits per heavy atom. The molecule has 1 aromatic heterocycles. The maximum atomic E-state index is 13.3. The third-order valence-corrected chi connectivity index (χ3v) is 3.56. The molecule has 0 saturated heterocycles. The van der Waals surface area contributed by atoms with Crippen molar-refractivity contribution in [1.82, 2.24) is 4.98 Å². The number of nitrogens with zero attached hydrogens (tertiary/aromatic N) is 2. The summed E-state index contributed by atoms with van der Waals surface area (Å²) in [5, 5.41) is 14.8. The second-order valence-electron chi connectivity index (χ2n) is 4.03. The first-order valence-electron chi connectivity index (χ1n) is 5.48.